The molecule has 0 aromatic heterocycles. The van der Waals surface area contributed by atoms with Crippen LogP contribution in [-0.4, -0.2) is 59.1 Å². The minimum atomic E-state index is -0.542. The first-order valence-corrected chi connectivity index (χ1v) is 8.32. The number of carbonyl (C=O) groups is 2. The molecule has 1 atom stereocenters. The van der Waals surface area contributed by atoms with Crippen molar-refractivity contribution in [2.24, 2.45) is 5.73 Å². The molecule has 2 heterocycles. The third-order valence-electron chi connectivity index (χ3n) is 4.27. The number of amides is 2. The second-order valence-electron chi connectivity index (χ2n) is 7.35. The van der Waals surface area contributed by atoms with E-state index in [-0.39, 0.29) is 24.1 Å². The molecule has 0 aromatic carbocycles. The number of carbonyl (C=O) groups excluding carboxylic acids is 2. The van der Waals surface area contributed by atoms with Gasteiger partial charge >= 0.3 is 6.09 Å². The summed E-state index contributed by atoms with van der Waals surface area (Å²) in [5.74, 6) is 0.0532. The van der Waals surface area contributed by atoms with Crippen LogP contribution >= 0.6 is 0 Å². The molecule has 2 amide bonds. The third kappa shape index (κ3) is 4.35. The Morgan fingerprint density at radius 3 is 2.27 bits per heavy atom. The van der Waals surface area contributed by atoms with Crippen molar-refractivity contribution in [3.05, 3.63) is 0 Å². The molecule has 2 N–H and O–H groups in total. The molecule has 0 unspecified atom stereocenters. The molecule has 0 saturated carbocycles. The molecule has 6 heteroatoms. The number of ether oxygens (including phenoxy) is 1. The molecule has 2 aliphatic heterocycles. The summed E-state index contributed by atoms with van der Waals surface area (Å²) in [6, 6.07) is -0.185. The van der Waals surface area contributed by atoms with Crippen molar-refractivity contribution in [3.8, 4) is 0 Å². The van der Waals surface area contributed by atoms with E-state index in [0.717, 1.165) is 32.1 Å². The second kappa shape index (κ2) is 6.86. The lowest BCUT2D eigenvalue weighted by atomic mass is 9.99. The maximum absolute atomic E-state index is 12.8. The zero-order chi connectivity index (χ0) is 16.3. The smallest absolute Gasteiger partial charge is 0.410 e. The monoisotopic (exact) mass is 311 g/mol. The first-order valence-electron chi connectivity index (χ1n) is 8.32. The molecule has 2 aliphatic rings. The van der Waals surface area contributed by atoms with E-state index in [1.165, 1.54) is 0 Å². The topological polar surface area (TPSA) is 75.9 Å². The van der Waals surface area contributed by atoms with E-state index in [2.05, 4.69) is 0 Å². The van der Waals surface area contributed by atoms with E-state index in [4.69, 9.17) is 10.5 Å². The summed E-state index contributed by atoms with van der Waals surface area (Å²) in [7, 11) is 0. The van der Waals surface area contributed by atoms with Crippen molar-refractivity contribution in [1.82, 2.24) is 9.80 Å². The zero-order valence-electron chi connectivity index (χ0n) is 14.0. The first kappa shape index (κ1) is 17.1. The normalized spacial score (nSPS) is 24.3. The van der Waals surface area contributed by atoms with Crippen LogP contribution in [0.3, 0.4) is 0 Å². The highest BCUT2D eigenvalue weighted by Gasteiger charge is 2.37. The third-order valence-corrected chi connectivity index (χ3v) is 4.27. The molecule has 2 rings (SSSR count). The van der Waals surface area contributed by atoms with Crippen molar-refractivity contribution in [1.29, 1.82) is 0 Å². The summed E-state index contributed by atoms with van der Waals surface area (Å²) in [6.07, 6.45) is 3.92. The van der Waals surface area contributed by atoms with Crippen LogP contribution in [0.1, 0.15) is 52.9 Å². The molecule has 0 spiro atoms. The minimum Gasteiger partial charge on any atom is -0.444 e. The number of nitrogens with zero attached hydrogens (tertiary/aromatic N) is 2. The lowest BCUT2D eigenvalue weighted by Crippen LogP contribution is -2.55. The van der Waals surface area contributed by atoms with E-state index in [1.54, 1.807) is 4.90 Å². The molecule has 6 nitrogen and oxygen atoms in total. The Bertz CT molecular complexity index is 411. The largest absolute Gasteiger partial charge is 0.444 e. The van der Waals surface area contributed by atoms with Crippen LogP contribution in [0.25, 0.3) is 0 Å². The van der Waals surface area contributed by atoms with E-state index in [9.17, 15) is 9.59 Å². The highest BCUT2D eigenvalue weighted by molar-refractivity contribution is 5.86. The van der Waals surface area contributed by atoms with Crippen molar-refractivity contribution < 1.29 is 14.3 Å². The van der Waals surface area contributed by atoms with Gasteiger partial charge in [0, 0.05) is 25.7 Å². The molecule has 126 valence electrons. The lowest BCUT2D eigenvalue weighted by molar-refractivity contribution is -0.139. The number of hydrogen-bond acceptors (Lipinski definition) is 4. The van der Waals surface area contributed by atoms with Gasteiger partial charge in [-0.15, -0.1) is 0 Å². The summed E-state index contributed by atoms with van der Waals surface area (Å²) < 4.78 is 5.46. The number of rotatable bonds is 1. The van der Waals surface area contributed by atoms with Gasteiger partial charge in [0.1, 0.15) is 11.6 Å². The van der Waals surface area contributed by atoms with Crippen LogP contribution < -0.4 is 5.73 Å². The van der Waals surface area contributed by atoms with Crippen molar-refractivity contribution >= 4 is 12.0 Å². The Balaban J connectivity index is 2.02. The van der Waals surface area contributed by atoms with Gasteiger partial charge in [-0.25, -0.2) is 4.79 Å². The maximum Gasteiger partial charge on any atom is 0.410 e. The van der Waals surface area contributed by atoms with Gasteiger partial charge in [-0.2, -0.15) is 0 Å². The first-order chi connectivity index (χ1) is 10.3. The standard InChI is InChI=1S/C16H29N3O3/c1-16(2,3)22-15(21)19-9-5-4-6-13(19)14(20)18-10-7-12(17)8-11-18/h12-13H,4-11,17H2,1-3H3/t13-/m1/s1. The van der Waals surface area contributed by atoms with Crippen LogP contribution in [0.5, 0.6) is 0 Å². The summed E-state index contributed by atoms with van der Waals surface area (Å²) in [4.78, 5) is 28.6. The van der Waals surface area contributed by atoms with Gasteiger partial charge in [-0.3, -0.25) is 9.69 Å². The molecule has 22 heavy (non-hydrogen) atoms. The fraction of sp³-hybridized carbons (Fsp3) is 0.875. The molecular weight excluding hydrogens is 282 g/mol. The van der Waals surface area contributed by atoms with Gasteiger partial charge in [0.15, 0.2) is 0 Å². The molecule has 2 fully saturated rings. The SMILES string of the molecule is CC(C)(C)OC(=O)N1CCCC[C@@H]1C(=O)N1CCC(N)CC1. The highest BCUT2D eigenvalue weighted by Crippen LogP contribution is 2.23. The Hall–Kier alpha value is -1.30. The highest BCUT2D eigenvalue weighted by atomic mass is 16.6. The van der Waals surface area contributed by atoms with Crippen molar-refractivity contribution in [2.45, 2.75) is 70.6 Å². The Labute approximate surface area is 132 Å². The minimum absolute atomic E-state index is 0.0532. The summed E-state index contributed by atoms with van der Waals surface area (Å²) >= 11 is 0. The van der Waals surface area contributed by atoms with E-state index >= 15 is 0 Å². The molecule has 2 saturated heterocycles. The van der Waals surface area contributed by atoms with Gasteiger partial charge in [-0.05, 0) is 52.9 Å². The summed E-state index contributed by atoms with van der Waals surface area (Å²) in [6.45, 7) is 7.52. The lowest BCUT2D eigenvalue weighted by Gasteiger charge is -2.39. The summed E-state index contributed by atoms with van der Waals surface area (Å²) in [5.41, 5.74) is 5.36. The van der Waals surface area contributed by atoms with Crippen molar-refractivity contribution in [2.75, 3.05) is 19.6 Å². The fourth-order valence-electron chi connectivity index (χ4n) is 3.06. The molecule has 0 radical (unpaired) electrons. The summed E-state index contributed by atoms with van der Waals surface area (Å²) in [5, 5.41) is 0. The van der Waals surface area contributed by atoms with Gasteiger partial charge in [-0.1, -0.05) is 0 Å². The number of likely N-dealkylation sites (tertiary alicyclic amines) is 2. The van der Waals surface area contributed by atoms with Crippen LogP contribution in [0, 0.1) is 0 Å². The Kier molecular flexibility index (Phi) is 5.32. The van der Waals surface area contributed by atoms with Crippen LogP contribution in [0.15, 0.2) is 0 Å². The molecule has 0 bridgehead atoms. The van der Waals surface area contributed by atoms with Crippen LogP contribution in [-0.2, 0) is 9.53 Å². The fourth-order valence-corrected chi connectivity index (χ4v) is 3.06. The van der Waals surface area contributed by atoms with Crippen LogP contribution in [0.4, 0.5) is 4.79 Å². The van der Waals surface area contributed by atoms with Gasteiger partial charge < -0.3 is 15.4 Å². The van der Waals surface area contributed by atoms with Gasteiger partial charge in [0.05, 0.1) is 0 Å². The average Bonchev–Trinajstić information content (AvgIpc) is 2.45. The van der Waals surface area contributed by atoms with E-state index in [0.29, 0.717) is 19.6 Å². The molecule has 0 aromatic rings. The quantitative estimate of drug-likeness (QED) is 0.800. The number of hydrogen-bond donors (Lipinski definition) is 1. The average molecular weight is 311 g/mol. The zero-order valence-corrected chi connectivity index (χ0v) is 14.0. The molecular formula is C16H29N3O3. The van der Waals surface area contributed by atoms with Gasteiger partial charge in [0.25, 0.3) is 0 Å². The Morgan fingerprint density at radius 2 is 1.68 bits per heavy atom. The van der Waals surface area contributed by atoms with Gasteiger partial charge in [0.2, 0.25) is 5.91 Å². The Morgan fingerprint density at radius 1 is 1.05 bits per heavy atom. The molecule has 0 aliphatic carbocycles. The number of nitrogens with two attached hydrogens (primary N) is 1. The predicted molar refractivity (Wildman–Crippen MR) is 84.4 cm³/mol. The van der Waals surface area contributed by atoms with Crippen LogP contribution in [0.2, 0.25) is 0 Å². The maximum atomic E-state index is 12.8. The predicted octanol–water partition coefficient (Wildman–Crippen LogP) is 1.73. The second-order valence-corrected chi connectivity index (χ2v) is 7.35. The van der Waals surface area contributed by atoms with E-state index < -0.39 is 5.60 Å². The number of piperidine rings is 2. The van der Waals surface area contributed by atoms with E-state index in [1.807, 2.05) is 25.7 Å². The van der Waals surface area contributed by atoms with Crippen molar-refractivity contribution in [3.63, 3.8) is 0 Å².